The van der Waals surface area contributed by atoms with E-state index < -0.39 is 0 Å². The molecule has 2 rings (SSSR count). The lowest BCUT2D eigenvalue weighted by molar-refractivity contribution is -0.134. The average Bonchev–Trinajstić information content (AvgIpc) is 2.64. The summed E-state index contributed by atoms with van der Waals surface area (Å²) in [5.41, 5.74) is 9.53. The summed E-state index contributed by atoms with van der Waals surface area (Å²) in [7, 11) is 1.95. The number of piperidine rings is 1. The molecule has 0 aliphatic carbocycles. The number of hydrogen-bond donors (Lipinski definition) is 1. The molecule has 0 bridgehead atoms. The summed E-state index contributed by atoms with van der Waals surface area (Å²) in [6, 6.07) is 0.185. The highest BCUT2D eigenvalue weighted by Gasteiger charge is 2.35. The van der Waals surface area contributed by atoms with Crippen LogP contribution < -0.4 is 5.73 Å². The zero-order valence-electron chi connectivity index (χ0n) is 13.9. The van der Waals surface area contributed by atoms with Gasteiger partial charge in [-0.2, -0.15) is 5.10 Å². The lowest BCUT2D eigenvalue weighted by Gasteiger charge is -2.42. The second kappa shape index (κ2) is 5.79. The molecule has 2 heterocycles. The second-order valence-corrected chi connectivity index (χ2v) is 6.97. The zero-order valence-corrected chi connectivity index (χ0v) is 13.9. The van der Waals surface area contributed by atoms with Crippen LogP contribution in [0.15, 0.2) is 0 Å². The predicted octanol–water partition coefficient (Wildman–Crippen LogP) is 1.56. The van der Waals surface area contributed by atoms with Gasteiger partial charge in [0.25, 0.3) is 0 Å². The first-order valence-electron chi connectivity index (χ1n) is 7.75. The van der Waals surface area contributed by atoms with Gasteiger partial charge < -0.3 is 10.6 Å². The largest absolute Gasteiger partial charge is 0.342 e. The van der Waals surface area contributed by atoms with E-state index in [-0.39, 0.29) is 17.4 Å². The Bertz CT molecular complexity index is 533. The van der Waals surface area contributed by atoms with Gasteiger partial charge in [0.05, 0.1) is 5.69 Å². The molecule has 1 aromatic heterocycles. The Morgan fingerprint density at radius 2 is 2.10 bits per heavy atom. The topological polar surface area (TPSA) is 64.2 Å². The van der Waals surface area contributed by atoms with Gasteiger partial charge >= 0.3 is 0 Å². The van der Waals surface area contributed by atoms with Crippen LogP contribution in [0.1, 0.15) is 43.6 Å². The number of nitrogens with zero attached hydrogens (tertiary/aromatic N) is 3. The fourth-order valence-corrected chi connectivity index (χ4v) is 3.16. The van der Waals surface area contributed by atoms with Crippen molar-refractivity contribution < 1.29 is 4.79 Å². The molecule has 0 spiro atoms. The zero-order chi connectivity index (χ0) is 15.8. The molecule has 1 unspecified atom stereocenters. The van der Waals surface area contributed by atoms with Gasteiger partial charge in [-0.3, -0.25) is 9.48 Å². The number of amides is 1. The number of carbonyl (C=O) groups is 1. The summed E-state index contributed by atoms with van der Waals surface area (Å²) in [4.78, 5) is 14.4. The molecular weight excluding hydrogens is 264 g/mol. The van der Waals surface area contributed by atoms with Crippen LogP contribution in [0.2, 0.25) is 0 Å². The van der Waals surface area contributed by atoms with Crippen molar-refractivity contribution in [2.45, 2.75) is 53.0 Å². The smallest absolute Gasteiger partial charge is 0.222 e. The standard InChI is InChI=1S/C16H28N4O/c1-11-13(12(2)19(5)18-11)6-7-15(21)20-9-8-14(17)16(3,4)10-20/h14H,6-10,17H2,1-5H3. The van der Waals surface area contributed by atoms with Crippen LogP contribution >= 0.6 is 0 Å². The highest BCUT2D eigenvalue weighted by Crippen LogP contribution is 2.28. The summed E-state index contributed by atoms with van der Waals surface area (Å²) in [5, 5.41) is 4.41. The fraction of sp³-hybridized carbons (Fsp3) is 0.750. The number of carbonyl (C=O) groups excluding carboxylic acids is 1. The Labute approximate surface area is 127 Å². The maximum absolute atomic E-state index is 12.5. The first-order valence-corrected chi connectivity index (χ1v) is 7.75. The summed E-state index contributed by atoms with van der Waals surface area (Å²) in [6.45, 7) is 9.91. The summed E-state index contributed by atoms with van der Waals surface area (Å²) in [5.74, 6) is 0.234. The van der Waals surface area contributed by atoms with Crippen LogP contribution in [0.3, 0.4) is 0 Å². The highest BCUT2D eigenvalue weighted by molar-refractivity contribution is 5.76. The molecule has 1 amide bonds. The second-order valence-electron chi connectivity index (χ2n) is 6.97. The maximum Gasteiger partial charge on any atom is 0.222 e. The Kier molecular flexibility index (Phi) is 4.42. The molecule has 21 heavy (non-hydrogen) atoms. The van der Waals surface area contributed by atoms with Crippen LogP contribution in [-0.4, -0.2) is 39.7 Å². The molecule has 5 heteroatoms. The quantitative estimate of drug-likeness (QED) is 0.919. The van der Waals surface area contributed by atoms with Crippen molar-refractivity contribution in [2.75, 3.05) is 13.1 Å². The summed E-state index contributed by atoms with van der Waals surface area (Å²) < 4.78 is 1.89. The summed E-state index contributed by atoms with van der Waals surface area (Å²) >= 11 is 0. The van der Waals surface area contributed by atoms with Gasteiger partial charge in [0.2, 0.25) is 5.91 Å². The van der Waals surface area contributed by atoms with Gasteiger partial charge in [-0.05, 0) is 37.7 Å². The van der Waals surface area contributed by atoms with Crippen LogP contribution in [0.5, 0.6) is 0 Å². The minimum absolute atomic E-state index is 0.00798. The Morgan fingerprint density at radius 3 is 2.62 bits per heavy atom. The molecule has 1 saturated heterocycles. The molecule has 2 N–H and O–H groups in total. The van der Waals surface area contributed by atoms with E-state index in [0.717, 1.165) is 37.3 Å². The van der Waals surface area contributed by atoms with E-state index in [2.05, 4.69) is 25.9 Å². The van der Waals surface area contributed by atoms with E-state index in [1.54, 1.807) is 0 Å². The Morgan fingerprint density at radius 1 is 1.43 bits per heavy atom. The van der Waals surface area contributed by atoms with Crippen LogP contribution in [0, 0.1) is 19.3 Å². The molecule has 1 aliphatic rings. The molecule has 1 fully saturated rings. The van der Waals surface area contributed by atoms with Crippen molar-refractivity contribution in [3.63, 3.8) is 0 Å². The van der Waals surface area contributed by atoms with Gasteiger partial charge in [0, 0.05) is 38.3 Å². The van der Waals surface area contributed by atoms with Crippen molar-refractivity contribution in [2.24, 2.45) is 18.2 Å². The monoisotopic (exact) mass is 292 g/mol. The summed E-state index contributed by atoms with van der Waals surface area (Å²) in [6.07, 6.45) is 2.22. The Balaban J connectivity index is 1.96. The third-order valence-electron chi connectivity index (χ3n) is 4.91. The van der Waals surface area contributed by atoms with Crippen molar-refractivity contribution in [3.05, 3.63) is 17.0 Å². The van der Waals surface area contributed by atoms with Crippen LogP contribution in [0.4, 0.5) is 0 Å². The van der Waals surface area contributed by atoms with E-state index >= 15 is 0 Å². The third kappa shape index (κ3) is 3.28. The van der Waals surface area contributed by atoms with Gasteiger partial charge in [0.1, 0.15) is 0 Å². The molecule has 1 atom stereocenters. The van der Waals surface area contributed by atoms with Gasteiger partial charge in [-0.1, -0.05) is 13.8 Å². The fourth-order valence-electron chi connectivity index (χ4n) is 3.16. The SMILES string of the molecule is Cc1nn(C)c(C)c1CCC(=O)N1CCC(N)C(C)(C)C1. The Hall–Kier alpha value is -1.36. The van der Waals surface area contributed by atoms with Crippen molar-refractivity contribution in [1.29, 1.82) is 0 Å². The molecule has 5 nitrogen and oxygen atoms in total. The number of aryl methyl sites for hydroxylation is 2. The minimum atomic E-state index is 0.00798. The molecule has 1 aromatic rings. The molecular formula is C16H28N4O. The first kappa shape index (κ1) is 16.0. The maximum atomic E-state index is 12.5. The normalized spacial score (nSPS) is 21.6. The molecule has 0 aromatic carbocycles. The third-order valence-corrected chi connectivity index (χ3v) is 4.91. The van der Waals surface area contributed by atoms with Crippen molar-refractivity contribution in [3.8, 4) is 0 Å². The molecule has 0 radical (unpaired) electrons. The van der Waals surface area contributed by atoms with E-state index in [4.69, 9.17) is 5.73 Å². The highest BCUT2D eigenvalue weighted by atomic mass is 16.2. The van der Waals surface area contributed by atoms with Gasteiger partial charge in [0.15, 0.2) is 0 Å². The van der Waals surface area contributed by atoms with E-state index in [1.165, 1.54) is 5.56 Å². The van der Waals surface area contributed by atoms with E-state index in [0.29, 0.717) is 6.42 Å². The predicted molar refractivity (Wildman–Crippen MR) is 84.0 cm³/mol. The number of nitrogens with two attached hydrogens (primary N) is 1. The molecule has 0 saturated carbocycles. The minimum Gasteiger partial charge on any atom is -0.342 e. The number of likely N-dealkylation sites (tertiary alicyclic amines) is 1. The lowest BCUT2D eigenvalue weighted by atomic mass is 9.79. The number of hydrogen-bond acceptors (Lipinski definition) is 3. The number of rotatable bonds is 3. The average molecular weight is 292 g/mol. The lowest BCUT2D eigenvalue weighted by Crippen LogP contribution is -2.54. The first-order chi connectivity index (χ1) is 9.72. The van der Waals surface area contributed by atoms with E-state index in [1.807, 2.05) is 23.6 Å². The molecule has 118 valence electrons. The molecule has 1 aliphatic heterocycles. The van der Waals surface area contributed by atoms with Crippen LogP contribution in [0.25, 0.3) is 0 Å². The number of aromatic nitrogens is 2. The van der Waals surface area contributed by atoms with Crippen molar-refractivity contribution in [1.82, 2.24) is 14.7 Å². The van der Waals surface area contributed by atoms with Gasteiger partial charge in [-0.25, -0.2) is 0 Å². The van der Waals surface area contributed by atoms with Crippen molar-refractivity contribution >= 4 is 5.91 Å². The van der Waals surface area contributed by atoms with E-state index in [9.17, 15) is 4.79 Å². The van der Waals surface area contributed by atoms with Gasteiger partial charge in [-0.15, -0.1) is 0 Å². The van der Waals surface area contributed by atoms with Crippen LogP contribution in [-0.2, 0) is 18.3 Å².